The molecule has 0 unspecified atom stereocenters. The number of halogens is 4. The molecule has 2 aromatic carbocycles. The molecule has 1 aliphatic heterocycles. The summed E-state index contributed by atoms with van der Waals surface area (Å²) in [5.41, 5.74) is 0.370. The molecule has 18 heteroatoms. The number of carbonyl (C=O) groups excluding carboxylic acids is 2. The molecular formula is C34H37Cl2F2N3O10S. The van der Waals surface area contributed by atoms with Crippen LogP contribution in [0.3, 0.4) is 0 Å². The maximum Gasteiger partial charge on any atom is 0.387 e. The summed E-state index contributed by atoms with van der Waals surface area (Å²) in [6.07, 6.45) is 3.59. The van der Waals surface area contributed by atoms with Gasteiger partial charge in [-0.1, -0.05) is 29.3 Å². The van der Waals surface area contributed by atoms with Crippen LogP contribution >= 0.6 is 23.2 Å². The van der Waals surface area contributed by atoms with Gasteiger partial charge in [0, 0.05) is 51.2 Å². The summed E-state index contributed by atoms with van der Waals surface area (Å²) in [7, 11) is -3.90. The van der Waals surface area contributed by atoms with E-state index in [1.165, 1.54) is 36.4 Å². The average molecular weight is 789 g/mol. The molecule has 1 atom stereocenters. The lowest BCUT2D eigenvalue weighted by Gasteiger charge is -2.30. The minimum atomic E-state index is -3.90. The molecule has 1 saturated heterocycles. The van der Waals surface area contributed by atoms with Crippen LogP contribution in [0.15, 0.2) is 48.8 Å². The van der Waals surface area contributed by atoms with Crippen molar-refractivity contribution in [2.45, 2.75) is 38.9 Å². The summed E-state index contributed by atoms with van der Waals surface area (Å²) >= 11 is 12.8. The maximum absolute atomic E-state index is 14.0. The molecule has 0 N–H and O–H groups in total. The van der Waals surface area contributed by atoms with Gasteiger partial charge in [-0.25, -0.2) is 13.2 Å². The largest absolute Gasteiger partial charge is 0.619 e. The zero-order valence-electron chi connectivity index (χ0n) is 28.3. The Morgan fingerprint density at radius 3 is 2.38 bits per heavy atom. The number of morpholine rings is 1. The summed E-state index contributed by atoms with van der Waals surface area (Å²) in [6, 6.07) is 7.88. The van der Waals surface area contributed by atoms with E-state index in [1.807, 2.05) is 4.90 Å². The number of aromatic nitrogens is 1. The fourth-order valence-electron chi connectivity index (χ4n) is 5.47. The van der Waals surface area contributed by atoms with Crippen LogP contribution in [0.1, 0.15) is 47.4 Å². The lowest BCUT2D eigenvalue weighted by atomic mass is 10.0. The second-order valence-electron chi connectivity index (χ2n) is 12.3. The van der Waals surface area contributed by atoms with E-state index in [4.69, 9.17) is 42.1 Å². The molecule has 52 heavy (non-hydrogen) atoms. The van der Waals surface area contributed by atoms with E-state index in [0.29, 0.717) is 37.6 Å². The molecule has 0 amide bonds. The Kier molecular flexibility index (Phi) is 13.0. The summed E-state index contributed by atoms with van der Waals surface area (Å²) in [5, 5.41) is 11.9. The van der Waals surface area contributed by atoms with Gasteiger partial charge < -0.3 is 28.9 Å². The molecule has 3 aromatic rings. The Morgan fingerprint density at radius 1 is 1.08 bits per heavy atom. The topological polar surface area (TPSA) is 148 Å². The molecule has 0 bridgehead atoms. The van der Waals surface area contributed by atoms with Crippen LogP contribution in [0.2, 0.25) is 10.0 Å². The van der Waals surface area contributed by atoms with Crippen LogP contribution < -0.4 is 23.2 Å². The van der Waals surface area contributed by atoms with E-state index in [-0.39, 0.29) is 75.2 Å². The molecule has 2 heterocycles. The van der Waals surface area contributed by atoms with Crippen molar-refractivity contribution < 1.29 is 55.2 Å². The number of rotatable bonds is 16. The molecule has 1 aromatic heterocycles. The summed E-state index contributed by atoms with van der Waals surface area (Å²) in [5.74, 6) is -1.80. The first-order valence-corrected chi connectivity index (χ1v) is 18.9. The van der Waals surface area contributed by atoms with E-state index in [0.717, 1.165) is 42.7 Å². The van der Waals surface area contributed by atoms with Crippen LogP contribution in [0.5, 0.6) is 17.2 Å². The molecule has 0 spiro atoms. The predicted molar refractivity (Wildman–Crippen MR) is 186 cm³/mol. The van der Waals surface area contributed by atoms with Crippen LogP contribution in [0.25, 0.3) is 0 Å². The van der Waals surface area contributed by atoms with Crippen LogP contribution in [0, 0.1) is 11.1 Å². The molecule has 1 aliphatic carbocycles. The minimum absolute atomic E-state index is 0.0147. The number of benzene rings is 2. The number of nitrogens with zero attached hydrogens (tertiary/aromatic N) is 3. The van der Waals surface area contributed by atoms with Gasteiger partial charge in [-0.15, -0.1) is 0 Å². The van der Waals surface area contributed by atoms with E-state index in [2.05, 4.69) is 4.74 Å². The highest BCUT2D eigenvalue weighted by Crippen LogP contribution is 2.38. The lowest BCUT2D eigenvalue weighted by Crippen LogP contribution is -2.43. The number of anilines is 1. The molecule has 282 valence electrons. The normalized spacial score (nSPS) is 15.6. The zero-order valence-corrected chi connectivity index (χ0v) is 30.6. The van der Waals surface area contributed by atoms with Gasteiger partial charge >= 0.3 is 18.6 Å². The minimum Gasteiger partial charge on any atom is -0.619 e. The second kappa shape index (κ2) is 17.2. The van der Waals surface area contributed by atoms with E-state index in [1.54, 1.807) is 0 Å². The van der Waals surface area contributed by atoms with Gasteiger partial charge in [0.2, 0.25) is 10.0 Å². The first-order chi connectivity index (χ1) is 24.7. The van der Waals surface area contributed by atoms with Crippen molar-refractivity contribution >= 4 is 50.9 Å². The number of esters is 2. The van der Waals surface area contributed by atoms with Gasteiger partial charge in [-0.05, 0) is 48.6 Å². The van der Waals surface area contributed by atoms with Gasteiger partial charge in [0.05, 0.1) is 37.3 Å². The molecule has 2 fully saturated rings. The standard InChI is InChI=1S/C34H37Cl2F2N3O10S/c1-21(42)49-26-14-24(13-25(16-26)41(52(2,45)46)8-7-39-9-11-47-12-10-39)33(43)50-31(17-27-28(35)18-40(44)19-29(27)36)23-5-6-30(51-34(37)38)32(15-23)48-20-22-3-4-22/h5-6,13-16,18-19,22,31,34H,3-4,7-12,17,20H2,1-2H3/t31-/m0/s1. The number of ether oxygens (including phenoxy) is 5. The predicted octanol–water partition coefficient (Wildman–Crippen LogP) is 5.18. The maximum atomic E-state index is 14.0. The fourth-order valence-corrected chi connectivity index (χ4v) is 6.97. The van der Waals surface area contributed by atoms with E-state index >= 15 is 0 Å². The Morgan fingerprint density at radius 2 is 1.77 bits per heavy atom. The van der Waals surface area contributed by atoms with Crippen molar-refractivity contribution in [2.75, 3.05) is 56.6 Å². The first-order valence-electron chi connectivity index (χ1n) is 16.3. The Balaban J connectivity index is 1.52. The smallest absolute Gasteiger partial charge is 0.387 e. The van der Waals surface area contributed by atoms with Crippen molar-refractivity contribution in [3.63, 3.8) is 0 Å². The highest BCUT2D eigenvalue weighted by atomic mass is 35.5. The van der Waals surface area contributed by atoms with Crippen molar-refractivity contribution in [3.8, 4) is 17.2 Å². The van der Waals surface area contributed by atoms with Crippen LogP contribution in [-0.2, 0) is 30.7 Å². The van der Waals surface area contributed by atoms with Gasteiger partial charge in [0.1, 0.15) is 21.9 Å². The van der Waals surface area contributed by atoms with Crippen molar-refractivity contribution in [2.24, 2.45) is 5.92 Å². The zero-order chi connectivity index (χ0) is 37.6. The van der Waals surface area contributed by atoms with Crippen LogP contribution in [-0.4, -0.2) is 84.1 Å². The van der Waals surface area contributed by atoms with Crippen molar-refractivity contribution in [3.05, 3.63) is 80.7 Å². The Labute approximate surface area is 309 Å². The third-order valence-corrected chi connectivity index (χ3v) is 10.1. The third kappa shape index (κ3) is 11.0. The molecule has 0 radical (unpaired) electrons. The van der Waals surface area contributed by atoms with Crippen molar-refractivity contribution in [1.29, 1.82) is 0 Å². The Bertz CT molecular complexity index is 1850. The Hall–Kier alpha value is -3.96. The average Bonchev–Trinajstić information content (AvgIpc) is 3.89. The lowest BCUT2D eigenvalue weighted by molar-refractivity contribution is -0.605. The van der Waals surface area contributed by atoms with E-state index < -0.39 is 34.7 Å². The molecule has 2 aliphatic rings. The SMILES string of the molecule is CC(=O)Oc1cc(C(=O)O[C@@H](Cc2c(Cl)c[n+]([O-])cc2Cl)c2ccc(OC(F)F)c(OCC3CC3)c2)cc(N(CCN2CCOCC2)S(C)(=O)=O)c1. The molecular weight excluding hydrogens is 751 g/mol. The summed E-state index contributed by atoms with van der Waals surface area (Å²) < 4.78 is 81.3. The van der Waals surface area contributed by atoms with Crippen LogP contribution in [0.4, 0.5) is 14.5 Å². The van der Waals surface area contributed by atoms with Gasteiger partial charge in [0.25, 0.3) is 0 Å². The third-order valence-electron chi connectivity index (χ3n) is 8.22. The fraction of sp³-hybridized carbons (Fsp3) is 0.441. The number of hydrogen-bond acceptors (Lipinski definition) is 11. The molecule has 5 rings (SSSR count). The number of hydrogen-bond donors (Lipinski definition) is 0. The number of carbonyl (C=O) groups is 2. The molecule has 1 saturated carbocycles. The number of sulfonamides is 1. The van der Waals surface area contributed by atoms with Gasteiger partial charge in [-0.2, -0.15) is 13.5 Å². The van der Waals surface area contributed by atoms with E-state index in [9.17, 15) is 32.0 Å². The highest BCUT2D eigenvalue weighted by molar-refractivity contribution is 7.92. The highest BCUT2D eigenvalue weighted by Gasteiger charge is 2.28. The monoisotopic (exact) mass is 787 g/mol. The summed E-state index contributed by atoms with van der Waals surface area (Å²) in [6.45, 7) is 0.859. The van der Waals surface area contributed by atoms with Gasteiger partial charge in [0.15, 0.2) is 23.9 Å². The first kappa shape index (κ1) is 39.3. The van der Waals surface area contributed by atoms with Crippen molar-refractivity contribution in [1.82, 2.24) is 4.90 Å². The summed E-state index contributed by atoms with van der Waals surface area (Å²) in [4.78, 5) is 28.0. The number of pyridine rings is 1. The quantitative estimate of drug-likeness (QED) is 0.0819. The molecule has 13 nitrogen and oxygen atoms in total. The van der Waals surface area contributed by atoms with Gasteiger partial charge in [-0.3, -0.25) is 14.0 Å². The second-order valence-corrected chi connectivity index (χ2v) is 15.0. The number of alkyl halides is 2.